The van der Waals surface area contributed by atoms with E-state index in [-0.39, 0.29) is 17.3 Å². The minimum Gasteiger partial charge on any atom is -0.480 e. The van der Waals surface area contributed by atoms with Crippen LogP contribution in [0.5, 0.6) is 0 Å². The number of urea groups is 1. The van der Waals surface area contributed by atoms with E-state index >= 15 is 0 Å². The van der Waals surface area contributed by atoms with Crippen molar-refractivity contribution in [1.29, 1.82) is 0 Å². The minimum absolute atomic E-state index is 0.0201. The van der Waals surface area contributed by atoms with E-state index < -0.39 is 22.0 Å². The smallest absolute Gasteiger partial charge is 0.322 e. The number of aliphatic carboxylic acids is 1. The number of hydrogen-bond donors (Lipinski definition) is 4. The fourth-order valence-electron chi connectivity index (χ4n) is 4.21. The van der Waals surface area contributed by atoms with Crippen molar-refractivity contribution in [1.82, 2.24) is 15.0 Å². The zero-order chi connectivity index (χ0) is 29.2. The van der Waals surface area contributed by atoms with Gasteiger partial charge in [0.05, 0.1) is 4.90 Å². The Labute approximate surface area is 239 Å². The lowest BCUT2D eigenvalue weighted by atomic mass is 10.0. The van der Waals surface area contributed by atoms with Gasteiger partial charge in [-0.05, 0) is 71.5 Å². The van der Waals surface area contributed by atoms with E-state index in [9.17, 15) is 23.1 Å². The number of carbonyl (C=O) groups is 2. The predicted molar refractivity (Wildman–Crippen MR) is 158 cm³/mol. The molecule has 212 valence electrons. The molecule has 0 aliphatic rings. The molecular weight excluding hydrogens is 540 g/mol. The molecule has 4 N–H and O–H groups in total. The van der Waals surface area contributed by atoms with Gasteiger partial charge in [-0.25, -0.2) is 13.2 Å². The Morgan fingerprint density at radius 3 is 2.27 bits per heavy atom. The van der Waals surface area contributed by atoms with Gasteiger partial charge in [0, 0.05) is 30.5 Å². The quantitative estimate of drug-likeness (QED) is 0.195. The van der Waals surface area contributed by atoms with Crippen LogP contribution in [0.1, 0.15) is 23.7 Å². The molecule has 1 unspecified atom stereocenters. The predicted octanol–water partition coefficient (Wildman–Crippen LogP) is 4.65. The molecule has 0 aliphatic heterocycles. The standard InChI is InChI=1S/C31H32N4O5S/c1-2-22-11-15-28(16-12-22)41(39,40)35-29(30(36)37)20-23-9-13-24(14-10-23)25-6-5-8-27(21-25)34-31(38)33-19-17-26-7-3-4-18-32-26/h3-16,18,21,29,35H,2,17,19-20H2,1H3,(H,36,37)(H2,33,34,38). The van der Waals surface area contributed by atoms with Gasteiger partial charge in [0.2, 0.25) is 10.0 Å². The Kier molecular flexibility index (Phi) is 9.83. The third kappa shape index (κ3) is 8.47. The maximum Gasteiger partial charge on any atom is 0.322 e. The SMILES string of the molecule is CCc1ccc(S(=O)(=O)NC(Cc2ccc(-c3cccc(NC(=O)NCCc4ccccn4)c3)cc2)C(=O)O)cc1. The second-order valence-corrected chi connectivity index (χ2v) is 11.2. The number of carbonyl (C=O) groups excluding carboxylic acids is 1. The van der Waals surface area contributed by atoms with Crippen LogP contribution in [0.3, 0.4) is 0 Å². The molecule has 1 aromatic heterocycles. The van der Waals surface area contributed by atoms with E-state index in [1.165, 1.54) is 12.1 Å². The maximum absolute atomic E-state index is 12.8. The van der Waals surface area contributed by atoms with Crippen LogP contribution in [-0.4, -0.2) is 43.1 Å². The van der Waals surface area contributed by atoms with Gasteiger partial charge < -0.3 is 15.7 Å². The van der Waals surface area contributed by atoms with Gasteiger partial charge in [-0.3, -0.25) is 9.78 Å². The van der Waals surface area contributed by atoms with E-state index in [1.54, 1.807) is 36.5 Å². The summed E-state index contributed by atoms with van der Waals surface area (Å²) >= 11 is 0. The highest BCUT2D eigenvalue weighted by Crippen LogP contribution is 2.24. The first-order chi connectivity index (χ1) is 19.7. The van der Waals surface area contributed by atoms with Crippen LogP contribution in [-0.2, 0) is 34.1 Å². The van der Waals surface area contributed by atoms with Gasteiger partial charge in [0.1, 0.15) is 6.04 Å². The van der Waals surface area contributed by atoms with Gasteiger partial charge >= 0.3 is 12.0 Å². The lowest BCUT2D eigenvalue weighted by Gasteiger charge is -2.15. The number of nitrogens with zero attached hydrogens (tertiary/aromatic N) is 1. The number of hydrogen-bond acceptors (Lipinski definition) is 5. The molecule has 0 bridgehead atoms. The second-order valence-electron chi connectivity index (χ2n) is 9.44. The summed E-state index contributed by atoms with van der Waals surface area (Å²) in [6.45, 7) is 2.41. The largest absolute Gasteiger partial charge is 0.480 e. The van der Waals surface area contributed by atoms with Crippen LogP contribution in [0, 0.1) is 0 Å². The second kappa shape index (κ2) is 13.7. The molecule has 0 spiro atoms. The number of aromatic nitrogens is 1. The molecular formula is C31H32N4O5S. The van der Waals surface area contributed by atoms with E-state index in [0.29, 0.717) is 24.2 Å². The highest BCUT2D eigenvalue weighted by Gasteiger charge is 2.25. The topological polar surface area (TPSA) is 137 Å². The number of pyridine rings is 1. The third-order valence-electron chi connectivity index (χ3n) is 6.48. The lowest BCUT2D eigenvalue weighted by Crippen LogP contribution is -2.42. The first-order valence-corrected chi connectivity index (χ1v) is 14.7. The number of carboxylic acid groups (broad SMARTS) is 1. The number of carboxylic acids is 1. The highest BCUT2D eigenvalue weighted by atomic mass is 32.2. The minimum atomic E-state index is -4.01. The molecule has 41 heavy (non-hydrogen) atoms. The van der Waals surface area contributed by atoms with E-state index in [2.05, 4.69) is 20.3 Å². The molecule has 2 amide bonds. The third-order valence-corrected chi connectivity index (χ3v) is 7.97. The zero-order valence-corrected chi connectivity index (χ0v) is 23.4. The number of nitrogens with one attached hydrogen (secondary N) is 3. The molecule has 0 saturated carbocycles. The van der Waals surface area contributed by atoms with Crippen molar-refractivity contribution >= 4 is 27.7 Å². The van der Waals surface area contributed by atoms with Crippen molar-refractivity contribution in [3.8, 4) is 11.1 Å². The number of benzene rings is 3. The molecule has 10 heteroatoms. The molecule has 1 heterocycles. The van der Waals surface area contributed by atoms with Gasteiger partial charge in [0.25, 0.3) is 0 Å². The van der Waals surface area contributed by atoms with Crippen molar-refractivity contribution in [3.63, 3.8) is 0 Å². The van der Waals surface area contributed by atoms with Gasteiger partial charge in [-0.2, -0.15) is 4.72 Å². The molecule has 1 atom stereocenters. The van der Waals surface area contributed by atoms with E-state index in [0.717, 1.165) is 28.8 Å². The fourth-order valence-corrected chi connectivity index (χ4v) is 5.40. The number of aryl methyl sites for hydroxylation is 1. The summed E-state index contributed by atoms with van der Waals surface area (Å²) in [5.74, 6) is -1.26. The molecule has 4 rings (SSSR count). The van der Waals surface area contributed by atoms with Crippen LogP contribution >= 0.6 is 0 Å². The number of rotatable bonds is 12. The van der Waals surface area contributed by atoms with Crippen molar-refractivity contribution in [2.24, 2.45) is 0 Å². The Bertz CT molecular complexity index is 1580. The van der Waals surface area contributed by atoms with Crippen LogP contribution in [0.4, 0.5) is 10.5 Å². The van der Waals surface area contributed by atoms with Gasteiger partial charge in [0.15, 0.2) is 0 Å². The maximum atomic E-state index is 12.8. The summed E-state index contributed by atoms with van der Waals surface area (Å²) in [5.41, 5.74) is 4.87. The molecule has 0 radical (unpaired) electrons. The highest BCUT2D eigenvalue weighted by molar-refractivity contribution is 7.89. The van der Waals surface area contributed by atoms with Crippen LogP contribution in [0.2, 0.25) is 0 Å². The average molecular weight is 573 g/mol. The first-order valence-electron chi connectivity index (χ1n) is 13.2. The van der Waals surface area contributed by atoms with Crippen molar-refractivity contribution in [3.05, 3.63) is 114 Å². The summed E-state index contributed by atoms with van der Waals surface area (Å²) in [5, 5.41) is 15.4. The van der Waals surface area contributed by atoms with E-state index in [4.69, 9.17) is 0 Å². The Morgan fingerprint density at radius 2 is 1.61 bits per heavy atom. The van der Waals surface area contributed by atoms with Gasteiger partial charge in [-0.1, -0.05) is 61.5 Å². The molecule has 0 fully saturated rings. The van der Waals surface area contributed by atoms with Crippen molar-refractivity contribution < 1.29 is 23.1 Å². The summed E-state index contributed by atoms with van der Waals surface area (Å²) in [7, 11) is -4.01. The van der Waals surface area contributed by atoms with Crippen LogP contribution in [0.25, 0.3) is 11.1 Å². The molecule has 3 aromatic carbocycles. The number of amides is 2. The molecule has 4 aromatic rings. The monoisotopic (exact) mass is 572 g/mol. The first kappa shape index (κ1) is 29.4. The summed E-state index contributed by atoms with van der Waals surface area (Å²) in [4.78, 5) is 28.5. The Hall–Kier alpha value is -4.54. The summed E-state index contributed by atoms with van der Waals surface area (Å²) in [6.07, 6.45) is 3.08. The summed E-state index contributed by atoms with van der Waals surface area (Å²) in [6, 6.07) is 24.9. The Balaban J connectivity index is 1.36. The zero-order valence-electron chi connectivity index (χ0n) is 22.6. The lowest BCUT2D eigenvalue weighted by molar-refractivity contribution is -0.138. The van der Waals surface area contributed by atoms with Crippen LogP contribution < -0.4 is 15.4 Å². The molecule has 0 saturated heterocycles. The molecule has 0 aliphatic carbocycles. The average Bonchev–Trinajstić information content (AvgIpc) is 2.98. The fraction of sp³-hybridized carbons (Fsp3) is 0.194. The normalized spacial score (nSPS) is 11.9. The van der Waals surface area contributed by atoms with Crippen LogP contribution in [0.15, 0.2) is 102 Å². The van der Waals surface area contributed by atoms with Crippen molar-refractivity contribution in [2.75, 3.05) is 11.9 Å². The molecule has 9 nitrogen and oxygen atoms in total. The van der Waals surface area contributed by atoms with Crippen molar-refractivity contribution in [2.45, 2.75) is 37.1 Å². The number of anilines is 1. The Morgan fingerprint density at radius 1 is 0.878 bits per heavy atom. The van der Waals surface area contributed by atoms with Gasteiger partial charge in [-0.15, -0.1) is 0 Å². The summed E-state index contributed by atoms with van der Waals surface area (Å²) < 4.78 is 27.9. The van der Waals surface area contributed by atoms with E-state index in [1.807, 2.05) is 55.5 Å². The number of sulfonamides is 1.